The van der Waals surface area contributed by atoms with Crippen molar-refractivity contribution in [2.75, 3.05) is 19.0 Å². The van der Waals surface area contributed by atoms with Crippen LogP contribution in [0.5, 0.6) is 5.75 Å². The van der Waals surface area contributed by atoms with Gasteiger partial charge in [0, 0.05) is 30.4 Å². The van der Waals surface area contributed by atoms with E-state index < -0.39 is 4.92 Å². The van der Waals surface area contributed by atoms with Crippen molar-refractivity contribution >= 4 is 11.4 Å². The van der Waals surface area contributed by atoms with E-state index in [1.165, 1.54) is 19.2 Å². The first-order valence-corrected chi connectivity index (χ1v) is 6.26. The lowest BCUT2D eigenvalue weighted by molar-refractivity contribution is -0.384. The maximum atomic E-state index is 10.9. The Balaban J connectivity index is 2.92. The highest BCUT2D eigenvalue weighted by Crippen LogP contribution is 2.26. The standard InChI is InChI=1S/C13H21N3O3/c1-9(2)4-11(8-14)15-10-5-12(16(17)18)7-13(6-10)19-3/h5-7,9,11,15H,4,8,14H2,1-3H3. The zero-order valence-electron chi connectivity index (χ0n) is 11.6. The number of nitro groups is 1. The molecule has 0 aliphatic carbocycles. The number of nitrogens with two attached hydrogens (primary N) is 1. The Morgan fingerprint density at radius 2 is 2.11 bits per heavy atom. The molecule has 0 aliphatic rings. The van der Waals surface area contributed by atoms with E-state index in [1.54, 1.807) is 6.07 Å². The van der Waals surface area contributed by atoms with Gasteiger partial charge in [0.05, 0.1) is 18.1 Å². The van der Waals surface area contributed by atoms with E-state index >= 15 is 0 Å². The maximum Gasteiger partial charge on any atom is 0.275 e. The Hall–Kier alpha value is -1.82. The van der Waals surface area contributed by atoms with E-state index in [-0.39, 0.29) is 11.7 Å². The number of nitrogens with zero attached hydrogens (tertiary/aromatic N) is 1. The predicted molar refractivity (Wildman–Crippen MR) is 75.6 cm³/mol. The molecule has 1 atom stereocenters. The molecule has 0 saturated carbocycles. The molecule has 0 spiro atoms. The van der Waals surface area contributed by atoms with E-state index in [1.807, 2.05) is 0 Å². The first kappa shape index (κ1) is 15.2. The Morgan fingerprint density at radius 1 is 1.42 bits per heavy atom. The minimum atomic E-state index is -0.437. The summed E-state index contributed by atoms with van der Waals surface area (Å²) in [4.78, 5) is 10.4. The third-order valence-corrected chi connectivity index (χ3v) is 2.75. The van der Waals surface area contributed by atoms with Gasteiger partial charge in [-0.2, -0.15) is 0 Å². The number of ether oxygens (including phenoxy) is 1. The summed E-state index contributed by atoms with van der Waals surface area (Å²) in [5.74, 6) is 0.957. The lowest BCUT2D eigenvalue weighted by Gasteiger charge is -2.20. The molecule has 1 rings (SSSR count). The van der Waals surface area contributed by atoms with Gasteiger partial charge in [0.15, 0.2) is 0 Å². The fourth-order valence-electron chi connectivity index (χ4n) is 1.91. The van der Waals surface area contributed by atoms with Crippen molar-refractivity contribution in [1.82, 2.24) is 0 Å². The van der Waals surface area contributed by atoms with Crippen LogP contribution >= 0.6 is 0 Å². The van der Waals surface area contributed by atoms with Gasteiger partial charge in [-0.05, 0) is 12.3 Å². The molecule has 106 valence electrons. The summed E-state index contributed by atoms with van der Waals surface area (Å²) in [7, 11) is 1.48. The Morgan fingerprint density at radius 3 is 2.58 bits per heavy atom. The van der Waals surface area contributed by atoms with Gasteiger partial charge in [-0.15, -0.1) is 0 Å². The van der Waals surface area contributed by atoms with Crippen molar-refractivity contribution in [1.29, 1.82) is 0 Å². The molecule has 1 unspecified atom stereocenters. The maximum absolute atomic E-state index is 10.9. The van der Waals surface area contributed by atoms with Crippen LogP contribution in [0.1, 0.15) is 20.3 Å². The minimum absolute atomic E-state index is 0.00201. The number of benzene rings is 1. The molecule has 0 fully saturated rings. The van der Waals surface area contributed by atoms with Gasteiger partial charge in [-0.1, -0.05) is 13.8 Å². The molecule has 6 nitrogen and oxygen atoms in total. The summed E-state index contributed by atoms with van der Waals surface area (Å²) < 4.78 is 5.07. The summed E-state index contributed by atoms with van der Waals surface area (Å²) in [5.41, 5.74) is 6.37. The summed E-state index contributed by atoms with van der Waals surface area (Å²) in [6.45, 7) is 4.69. The molecule has 3 N–H and O–H groups in total. The van der Waals surface area contributed by atoms with E-state index in [0.29, 0.717) is 23.9 Å². The molecular formula is C13H21N3O3. The van der Waals surface area contributed by atoms with E-state index in [2.05, 4.69) is 19.2 Å². The fraction of sp³-hybridized carbons (Fsp3) is 0.538. The van der Waals surface area contributed by atoms with E-state index in [4.69, 9.17) is 10.5 Å². The third kappa shape index (κ3) is 4.75. The Kier molecular flexibility index (Phi) is 5.57. The molecule has 1 aromatic carbocycles. The van der Waals surface area contributed by atoms with Crippen LogP contribution in [-0.2, 0) is 0 Å². The molecule has 0 saturated heterocycles. The second-order valence-electron chi connectivity index (χ2n) is 4.88. The second kappa shape index (κ2) is 6.94. The lowest BCUT2D eigenvalue weighted by atomic mass is 10.0. The molecule has 0 aliphatic heterocycles. The number of hydrogen-bond acceptors (Lipinski definition) is 5. The zero-order chi connectivity index (χ0) is 14.4. The highest BCUT2D eigenvalue weighted by molar-refractivity contribution is 5.56. The van der Waals surface area contributed by atoms with Gasteiger partial charge < -0.3 is 15.8 Å². The molecule has 0 radical (unpaired) electrons. The van der Waals surface area contributed by atoms with Crippen molar-refractivity contribution in [3.05, 3.63) is 28.3 Å². The van der Waals surface area contributed by atoms with Crippen molar-refractivity contribution in [2.45, 2.75) is 26.3 Å². The summed E-state index contributed by atoms with van der Waals surface area (Å²) >= 11 is 0. The van der Waals surface area contributed by atoms with Gasteiger partial charge in [0.2, 0.25) is 0 Å². The third-order valence-electron chi connectivity index (χ3n) is 2.75. The predicted octanol–water partition coefficient (Wildman–Crippen LogP) is 2.39. The molecular weight excluding hydrogens is 246 g/mol. The van der Waals surface area contributed by atoms with Gasteiger partial charge in [0.1, 0.15) is 5.75 Å². The van der Waals surface area contributed by atoms with Crippen LogP contribution in [0.2, 0.25) is 0 Å². The molecule has 19 heavy (non-hydrogen) atoms. The van der Waals surface area contributed by atoms with Crippen LogP contribution in [0.25, 0.3) is 0 Å². The monoisotopic (exact) mass is 267 g/mol. The van der Waals surface area contributed by atoms with E-state index in [0.717, 1.165) is 6.42 Å². The van der Waals surface area contributed by atoms with Crippen LogP contribution in [0, 0.1) is 16.0 Å². The normalized spacial score (nSPS) is 12.3. The number of hydrogen-bond donors (Lipinski definition) is 2. The van der Waals surface area contributed by atoms with Gasteiger partial charge in [-0.25, -0.2) is 0 Å². The molecule has 0 heterocycles. The first-order chi connectivity index (χ1) is 8.96. The summed E-state index contributed by atoms with van der Waals surface area (Å²) in [6, 6.07) is 4.71. The quantitative estimate of drug-likeness (QED) is 0.584. The topological polar surface area (TPSA) is 90.4 Å². The smallest absolute Gasteiger partial charge is 0.275 e. The highest BCUT2D eigenvalue weighted by Gasteiger charge is 2.13. The summed E-state index contributed by atoms with van der Waals surface area (Å²) in [5, 5.41) is 14.1. The van der Waals surface area contributed by atoms with Crippen LogP contribution in [0.15, 0.2) is 18.2 Å². The van der Waals surface area contributed by atoms with Gasteiger partial charge in [0.25, 0.3) is 5.69 Å². The number of nitrogens with one attached hydrogen (secondary N) is 1. The van der Waals surface area contributed by atoms with Crippen molar-refractivity contribution in [3.63, 3.8) is 0 Å². The zero-order valence-corrected chi connectivity index (χ0v) is 11.6. The lowest BCUT2D eigenvalue weighted by Crippen LogP contribution is -2.30. The molecule has 0 bridgehead atoms. The molecule has 1 aromatic rings. The Bertz CT molecular complexity index is 435. The molecule has 0 amide bonds. The van der Waals surface area contributed by atoms with Crippen LogP contribution in [0.4, 0.5) is 11.4 Å². The number of rotatable bonds is 7. The fourth-order valence-corrected chi connectivity index (χ4v) is 1.91. The van der Waals surface area contributed by atoms with Crippen LogP contribution in [0.3, 0.4) is 0 Å². The van der Waals surface area contributed by atoms with E-state index in [9.17, 15) is 10.1 Å². The molecule has 6 heteroatoms. The Labute approximate surface area is 113 Å². The second-order valence-corrected chi connectivity index (χ2v) is 4.88. The van der Waals surface area contributed by atoms with Crippen molar-refractivity contribution in [2.24, 2.45) is 11.7 Å². The number of methoxy groups -OCH3 is 1. The average molecular weight is 267 g/mol. The first-order valence-electron chi connectivity index (χ1n) is 6.26. The number of nitro benzene ring substituents is 1. The number of anilines is 1. The largest absolute Gasteiger partial charge is 0.496 e. The van der Waals surface area contributed by atoms with Gasteiger partial charge >= 0.3 is 0 Å². The minimum Gasteiger partial charge on any atom is -0.496 e. The van der Waals surface area contributed by atoms with Crippen LogP contribution in [-0.4, -0.2) is 24.6 Å². The highest BCUT2D eigenvalue weighted by atomic mass is 16.6. The average Bonchev–Trinajstić information content (AvgIpc) is 2.36. The van der Waals surface area contributed by atoms with Crippen molar-refractivity contribution < 1.29 is 9.66 Å². The van der Waals surface area contributed by atoms with Crippen molar-refractivity contribution in [3.8, 4) is 5.75 Å². The molecule has 0 aromatic heterocycles. The SMILES string of the molecule is COc1cc(NC(CN)CC(C)C)cc([N+](=O)[O-])c1. The number of non-ortho nitro benzene ring substituents is 1. The van der Waals surface area contributed by atoms with Crippen LogP contribution < -0.4 is 15.8 Å². The van der Waals surface area contributed by atoms with Gasteiger partial charge in [-0.3, -0.25) is 10.1 Å². The summed E-state index contributed by atoms with van der Waals surface area (Å²) in [6.07, 6.45) is 0.904.